The van der Waals surface area contributed by atoms with Crippen LogP contribution in [-0.2, 0) is 39.3 Å². The molecular formula is C24H28NO7PS. The lowest BCUT2D eigenvalue weighted by atomic mass is 10.1. The fourth-order valence-electron chi connectivity index (χ4n) is 3.64. The van der Waals surface area contributed by atoms with Gasteiger partial charge in [0.05, 0.1) is 42.1 Å². The van der Waals surface area contributed by atoms with E-state index in [0.717, 1.165) is 10.0 Å². The Hall–Kier alpha value is -2.71. The van der Waals surface area contributed by atoms with Gasteiger partial charge in [0.25, 0.3) is 10.0 Å². The minimum absolute atomic E-state index is 0.0749. The number of benzene rings is 2. The van der Waals surface area contributed by atoms with Gasteiger partial charge in [-0.2, -0.15) is 0 Å². The molecule has 0 unspecified atom stereocenters. The molecule has 0 aliphatic carbocycles. The van der Waals surface area contributed by atoms with Crippen LogP contribution in [0.1, 0.15) is 32.0 Å². The van der Waals surface area contributed by atoms with E-state index in [1.54, 1.807) is 63.2 Å². The van der Waals surface area contributed by atoms with Gasteiger partial charge in [-0.1, -0.05) is 36.4 Å². The van der Waals surface area contributed by atoms with Crippen LogP contribution in [-0.4, -0.2) is 38.2 Å². The third-order valence-electron chi connectivity index (χ3n) is 4.92. The molecule has 0 fully saturated rings. The van der Waals surface area contributed by atoms with Crippen LogP contribution in [0.4, 0.5) is 0 Å². The average Bonchev–Trinajstić information content (AvgIpc) is 3.12. The molecule has 0 radical (unpaired) electrons. The molecule has 0 saturated carbocycles. The standard InChI is InChI=1S/C24H28NO7PS/c1-4-30-24(26)17-16-23-21(18-33(27,31-5-2)32-6-3)20-14-10-11-15-22(20)25(23)34(28,29)19-12-8-7-9-13-19/h7-17H,4-6,18H2,1-3H3/b17-16+. The van der Waals surface area contributed by atoms with Crippen molar-refractivity contribution in [2.24, 2.45) is 0 Å². The second-order valence-electron chi connectivity index (χ2n) is 7.15. The summed E-state index contributed by atoms with van der Waals surface area (Å²) < 4.78 is 58.0. The molecule has 1 heterocycles. The Kier molecular flexibility index (Phi) is 8.49. The van der Waals surface area contributed by atoms with Crippen LogP contribution in [0, 0.1) is 0 Å². The number of ether oxygens (including phenoxy) is 1. The average molecular weight is 506 g/mol. The Balaban J connectivity index is 2.34. The number of hydrogen-bond donors (Lipinski definition) is 0. The van der Waals surface area contributed by atoms with Crippen LogP contribution in [0.15, 0.2) is 65.6 Å². The molecule has 2 aromatic carbocycles. The number of esters is 1. The number of carbonyl (C=O) groups excluding carboxylic acids is 1. The van der Waals surface area contributed by atoms with E-state index in [0.29, 0.717) is 16.5 Å². The van der Waals surface area contributed by atoms with Crippen LogP contribution in [0.2, 0.25) is 0 Å². The summed E-state index contributed by atoms with van der Waals surface area (Å²) in [7, 11) is -7.68. The fraction of sp³-hybridized carbons (Fsp3) is 0.292. The molecule has 0 bridgehead atoms. The minimum Gasteiger partial charge on any atom is -0.463 e. The van der Waals surface area contributed by atoms with E-state index in [2.05, 4.69) is 0 Å². The predicted octanol–water partition coefficient (Wildman–Crippen LogP) is 5.22. The maximum Gasteiger partial charge on any atom is 0.335 e. The number of para-hydroxylation sites is 1. The Morgan fingerprint density at radius 3 is 2.18 bits per heavy atom. The summed E-state index contributed by atoms with van der Waals surface area (Å²) in [6.07, 6.45) is 2.36. The Morgan fingerprint density at radius 2 is 1.56 bits per heavy atom. The van der Waals surface area contributed by atoms with Crippen molar-refractivity contribution in [2.45, 2.75) is 31.8 Å². The van der Waals surface area contributed by atoms with Gasteiger partial charge in [-0.3, -0.25) is 4.57 Å². The first-order chi connectivity index (χ1) is 16.3. The van der Waals surface area contributed by atoms with Gasteiger partial charge >= 0.3 is 13.6 Å². The highest BCUT2D eigenvalue weighted by Crippen LogP contribution is 2.53. The lowest BCUT2D eigenvalue weighted by Gasteiger charge is -2.17. The highest BCUT2D eigenvalue weighted by molar-refractivity contribution is 7.90. The van der Waals surface area contributed by atoms with E-state index < -0.39 is 23.6 Å². The summed E-state index contributed by atoms with van der Waals surface area (Å²) in [5, 5.41) is 0.560. The van der Waals surface area contributed by atoms with Gasteiger partial charge in [-0.15, -0.1) is 0 Å². The normalized spacial score (nSPS) is 12.4. The zero-order valence-corrected chi connectivity index (χ0v) is 21.1. The first kappa shape index (κ1) is 25.9. The molecule has 0 saturated heterocycles. The van der Waals surface area contributed by atoms with Gasteiger partial charge in [0, 0.05) is 11.5 Å². The SMILES string of the molecule is CCOC(=O)/C=C/c1c(CP(=O)(OCC)OCC)c2ccccc2n1S(=O)(=O)c1ccccc1. The predicted molar refractivity (Wildman–Crippen MR) is 131 cm³/mol. The van der Waals surface area contributed by atoms with Crippen molar-refractivity contribution in [2.75, 3.05) is 19.8 Å². The quantitative estimate of drug-likeness (QED) is 0.200. The molecular weight excluding hydrogens is 477 g/mol. The van der Waals surface area contributed by atoms with Crippen molar-refractivity contribution >= 4 is 40.6 Å². The summed E-state index contributed by atoms with van der Waals surface area (Å²) >= 11 is 0. The van der Waals surface area contributed by atoms with Crippen LogP contribution in [0.5, 0.6) is 0 Å². The van der Waals surface area contributed by atoms with E-state index in [1.165, 1.54) is 18.2 Å². The highest BCUT2D eigenvalue weighted by Gasteiger charge is 2.32. The van der Waals surface area contributed by atoms with Gasteiger partial charge in [-0.25, -0.2) is 17.2 Å². The maximum atomic E-state index is 13.8. The molecule has 0 amide bonds. The summed E-state index contributed by atoms with van der Waals surface area (Å²) in [6, 6.07) is 14.8. The third-order valence-corrected chi connectivity index (χ3v) is 8.67. The van der Waals surface area contributed by atoms with Gasteiger partial charge in [0.15, 0.2) is 0 Å². The third kappa shape index (κ3) is 5.50. The minimum atomic E-state index is -4.07. The van der Waals surface area contributed by atoms with E-state index in [-0.39, 0.29) is 36.6 Å². The lowest BCUT2D eigenvalue weighted by Crippen LogP contribution is -2.15. The molecule has 34 heavy (non-hydrogen) atoms. The van der Waals surface area contributed by atoms with Gasteiger partial charge in [-0.05, 0) is 50.6 Å². The molecule has 0 N–H and O–H groups in total. The Morgan fingerprint density at radius 1 is 0.941 bits per heavy atom. The van der Waals surface area contributed by atoms with Crippen molar-refractivity contribution in [3.63, 3.8) is 0 Å². The number of fused-ring (bicyclic) bond motifs is 1. The number of carbonyl (C=O) groups is 1. The lowest BCUT2D eigenvalue weighted by molar-refractivity contribution is -0.137. The van der Waals surface area contributed by atoms with Crippen LogP contribution in [0.3, 0.4) is 0 Å². The molecule has 10 heteroatoms. The summed E-state index contributed by atoms with van der Waals surface area (Å²) in [6.45, 7) is 5.57. The first-order valence-corrected chi connectivity index (χ1v) is 14.1. The molecule has 3 aromatic rings. The maximum absolute atomic E-state index is 13.8. The molecule has 0 aliphatic heterocycles. The number of hydrogen-bond acceptors (Lipinski definition) is 7. The summed E-state index contributed by atoms with van der Waals surface area (Å²) in [4.78, 5) is 12.2. The van der Waals surface area contributed by atoms with E-state index in [9.17, 15) is 17.8 Å². The summed E-state index contributed by atoms with van der Waals surface area (Å²) in [5.74, 6) is -0.625. The zero-order chi connectivity index (χ0) is 24.8. The first-order valence-electron chi connectivity index (χ1n) is 10.9. The molecule has 3 rings (SSSR count). The van der Waals surface area contributed by atoms with Crippen molar-refractivity contribution < 1.29 is 31.6 Å². The van der Waals surface area contributed by atoms with Crippen LogP contribution in [0.25, 0.3) is 17.0 Å². The molecule has 0 atom stereocenters. The topological polar surface area (TPSA) is 101 Å². The largest absolute Gasteiger partial charge is 0.463 e. The van der Waals surface area contributed by atoms with Crippen molar-refractivity contribution in [1.82, 2.24) is 3.97 Å². The highest BCUT2D eigenvalue weighted by atomic mass is 32.2. The number of aromatic nitrogens is 1. The summed E-state index contributed by atoms with van der Waals surface area (Å²) in [5.41, 5.74) is 0.989. The van der Waals surface area contributed by atoms with Gasteiger partial charge in [0.1, 0.15) is 0 Å². The second kappa shape index (κ2) is 11.1. The van der Waals surface area contributed by atoms with Gasteiger partial charge < -0.3 is 13.8 Å². The monoisotopic (exact) mass is 505 g/mol. The Bertz CT molecular complexity index is 1320. The van der Waals surface area contributed by atoms with Gasteiger partial charge in [0.2, 0.25) is 0 Å². The zero-order valence-electron chi connectivity index (χ0n) is 19.3. The van der Waals surface area contributed by atoms with Crippen molar-refractivity contribution in [3.8, 4) is 0 Å². The van der Waals surface area contributed by atoms with Crippen LogP contribution >= 0.6 is 7.60 Å². The molecule has 8 nitrogen and oxygen atoms in total. The van der Waals surface area contributed by atoms with Crippen LogP contribution < -0.4 is 0 Å². The van der Waals surface area contributed by atoms with Crippen molar-refractivity contribution in [1.29, 1.82) is 0 Å². The fourth-order valence-corrected chi connectivity index (χ4v) is 6.96. The van der Waals surface area contributed by atoms with E-state index >= 15 is 0 Å². The smallest absolute Gasteiger partial charge is 0.335 e. The Labute approximate surface area is 199 Å². The van der Waals surface area contributed by atoms with E-state index in [4.69, 9.17) is 13.8 Å². The number of nitrogens with zero attached hydrogens (tertiary/aromatic N) is 1. The molecule has 0 aliphatic rings. The number of rotatable bonds is 11. The second-order valence-corrected chi connectivity index (χ2v) is 11.0. The van der Waals surface area contributed by atoms with E-state index in [1.807, 2.05) is 0 Å². The molecule has 0 spiro atoms. The van der Waals surface area contributed by atoms with Crippen molar-refractivity contribution in [3.05, 3.63) is 71.9 Å². The molecule has 1 aromatic heterocycles. The molecule has 182 valence electrons.